The van der Waals surface area contributed by atoms with Crippen molar-refractivity contribution < 1.29 is 22.0 Å². The van der Waals surface area contributed by atoms with Crippen molar-refractivity contribution in [2.24, 2.45) is 0 Å². The van der Waals surface area contributed by atoms with Crippen molar-refractivity contribution in [2.75, 3.05) is 0 Å². The number of rotatable bonds is 3. The third kappa shape index (κ3) is 3.22. The lowest BCUT2D eigenvalue weighted by molar-refractivity contribution is -0.138. The standard InChI is InChI=1S/C16H10F4N2O2/c17-11-4-1-3-10(7-11)14-21-12(9-24-14)8-22-6-2-5-13(15(22)23)16(18,19)20/h1-7,9H,8H2. The Morgan fingerprint density at radius 1 is 1.17 bits per heavy atom. The molecule has 8 heteroatoms. The number of halogens is 4. The first-order valence-corrected chi connectivity index (χ1v) is 6.81. The van der Waals surface area contributed by atoms with Crippen LogP contribution in [0.2, 0.25) is 0 Å². The molecule has 0 amide bonds. The summed E-state index contributed by atoms with van der Waals surface area (Å²) in [6, 6.07) is 7.39. The molecule has 0 spiro atoms. The van der Waals surface area contributed by atoms with E-state index in [-0.39, 0.29) is 18.1 Å². The van der Waals surface area contributed by atoms with Gasteiger partial charge in [0.15, 0.2) is 0 Å². The number of alkyl halides is 3. The van der Waals surface area contributed by atoms with Gasteiger partial charge in [0.2, 0.25) is 5.89 Å². The SMILES string of the molecule is O=c1c(C(F)(F)F)cccn1Cc1coc(-c2cccc(F)c2)n1. The fraction of sp³-hybridized carbons (Fsp3) is 0.125. The van der Waals surface area contributed by atoms with E-state index in [1.165, 1.54) is 30.7 Å². The first-order chi connectivity index (χ1) is 11.3. The van der Waals surface area contributed by atoms with Gasteiger partial charge in [-0.05, 0) is 30.3 Å². The molecule has 1 aromatic carbocycles. The third-order valence-electron chi connectivity index (χ3n) is 3.28. The zero-order chi connectivity index (χ0) is 17.3. The van der Waals surface area contributed by atoms with E-state index in [0.29, 0.717) is 5.56 Å². The molecule has 0 radical (unpaired) electrons. The van der Waals surface area contributed by atoms with E-state index in [9.17, 15) is 22.4 Å². The average molecular weight is 338 g/mol. The maximum atomic E-state index is 13.2. The molecular weight excluding hydrogens is 328 g/mol. The first-order valence-electron chi connectivity index (χ1n) is 6.81. The highest BCUT2D eigenvalue weighted by Gasteiger charge is 2.34. The van der Waals surface area contributed by atoms with E-state index >= 15 is 0 Å². The van der Waals surface area contributed by atoms with Crippen molar-refractivity contribution in [3.63, 3.8) is 0 Å². The molecule has 0 aliphatic carbocycles. The van der Waals surface area contributed by atoms with Gasteiger partial charge in [0, 0.05) is 11.8 Å². The number of oxazole rings is 1. The van der Waals surface area contributed by atoms with Gasteiger partial charge in [0.05, 0.1) is 12.2 Å². The van der Waals surface area contributed by atoms with E-state index in [2.05, 4.69) is 4.98 Å². The molecule has 0 aliphatic heterocycles. The van der Waals surface area contributed by atoms with Gasteiger partial charge in [-0.1, -0.05) is 6.07 Å². The molecule has 4 nitrogen and oxygen atoms in total. The molecule has 24 heavy (non-hydrogen) atoms. The van der Waals surface area contributed by atoms with Crippen LogP contribution >= 0.6 is 0 Å². The predicted octanol–water partition coefficient (Wildman–Crippen LogP) is 3.71. The Hall–Kier alpha value is -2.90. The number of hydrogen-bond acceptors (Lipinski definition) is 3. The molecule has 0 unspecified atom stereocenters. The number of benzene rings is 1. The van der Waals surface area contributed by atoms with Gasteiger partial charge in [-0.3, -0.25) is 4.79 Å². The summed E-state index contributed by atoms with van der Waals surface area (Å²) in [5, 5.41) is 0. The topological polar surface area (TPSA) is 48.0 Å². The summed E-state index contributed by atoms with van der Waals surface area (Å²) in [6.45, 7) is -0.193. The summed E-state index contributed by atoms with van der Waals surface area (Å²) in [4.78, 5) is 16.0. The van der Waals surface area contributed by atoms with E-state index in [1.807, 2.05) is 0 Å². The normalized spacial score (nSPS) is 11.7. The van der Waals surface area contributed by atoms with Crippen LogP contribution in [0.1, 0.15) is 11.3 Å². The molecule has 2 heterocycles. The fourth-order valence-corrected chi connectivity index (χ4v) is 2.19. The van der Waals surface area contributed by atoms with Crippen LogP contribution < -0.4 is 5.56 Å². The van der Waals surface area contributed by atoms with Crippen LogP contribution in [-0.4, -0.2) is 9.55 Å². The van der Waals surface area contributed by atoms with Crippen molar-refractivity contribution in [1.29, 1.82) is 0 Å². The summed E-state index contributed by atoms with van der Waals surface area (Å²) in [5.74, 6) is -0.356. The number of hydrogen-bond donors (Lipinski definition) is 0. The Bertz CT molecular complexity index is 928. The fourth-order valence-electron chi connectivity index (χ4n) is 2.19. The Morgan fingerprint density at radius 2 is 1.96 bits per heavy atom. The van der Waals surface area contributed by atoms with Crippen LogP contribution in [0.5, 0.6) is 0 Å². The lowest BCUT2D eigenvalue weighted by atomic mass is 10.2. The van der Waals surface area contributed by atoms with Gasteiger partial charge in [0.25, 0.3) is 5.56 Å². The molecule has 0 N–H and O–H groups in total. The predicted molar refractivity (Wildman–Crippen MR) is 76.7 cm³/mol. The molecule has 0 aliphatic rings. The second-order valence-corrected chi connectivity index (χ2v) is 5.01. The summed E-state index contributed by atoms with van der Waals surface area (Å²) in [5.41, 5.74) is -1.78. The molecule has 0 atom stereocenters. The molecule has 0 saturated heterocycles. The van der Waals surface area contributed by atoms with Crippen LogP contribution in [-0.2, 0) is 12.7 Å². The van der Waals surface area contributed by atoms with Gasteiger partial charge >= 0.3 is 6.18 Å². The van der Waals surface area contributed by atoms with Crippen molar-refractivity contribution in [3.05, 3.63) is 76.3 Å². The minimum Gasteiger partial charge on any atom is -0.444 e. The summed E-state index contributed by atoms with van der Waals surface area (Å²) in [7, 11) is 0. The summed E-state index contributed by atoms with van der Waals surface area (Å²) in [6.07, 6.45) is -2.28. The van der Waals surface area contributed by atoms with Crippen LogP contribution in [0.15, 0.2) is 58.1 Å². The number of pyridine rings is 1. The largest absolute Gasteiger partial charge is 0.444 e. The molecular formula is C16H10F4N2O2. The van der Waals surface area contributed by atoms with Gasteiger partial charge in [-0.15, -0.1) is 0 Å². The maximum absolute atomic E-state index is 13.2. The average Bonchev–Trinajstić information content (AvgIpc) is 2.97. The van der Waals surface area contributed by atoms with E-state index in [0.717, 1.165) is 16.7 Å². The molecule has 2 aromatic heterocycles. The molecule has 124 valence electrons. The molecule has 3 aromatic rings. The van der Waals surface area contributed by atoms with Crippen LogP contribution in [0.4, 0.5) is 17.6 Å². The molecule has 0 saturated carbocycles. The van der Waals surface area contributed by atoms with Crippen LogP contribution in [0.3, 0.4) is 0 Å². The van der Waals surface area contributed by atoms with Crippen molar-refractivity contribution in [1.82, 2.24) is 9.55 Å². The van der Waals surface area contributed by atoms with Crippen LogP contribution in [0, 0.1) is 5.82 Å². The Morgan fingerprint density at radius 3 is 2.67 bits per heavy atom. The van der Waals surface area contributed by atoms with Crippen molar-refractivity contribution in [3.8, 4) is 11.5 Å². The number of nitrogens with zero attached hydrogens (tertiary/aromatic N) is 2. The van der Waals surface area contributed by atoms with Gasteiger partial charge in [0.1, 0.15) is 17.6 Å². The zero-order valence-corrected chi connectivity index (χ0v) is 12.0. The highest BCUT2D eigenvalue weighted by Crippen LogP contribution is 2.26. The second kappa shape index (κ2) is 5.95. The van der Waals surface area contributed by atoms with Gasteiger partial charge in [-0.2, -0.15) is 13.2 Å². The lowest BCUT2D eigenvalue weighted by Gasteiger charge is -2.08. The van der Waals surface area contributed by atoms with Crippen LogP contribution in [0.25, 0.3) is 11.5 Å². The molecule has 0 bridgehead atoms. The summed E-state index contributed by atoms with van der Waals surface area (Å²) >= 11 is 0. The maximum Gasteiger partial charge on any atom is 0.421 e. The van der Waals surface area contributed by atoms with E-state index in [4.69, 9.17) is 4.42 Å². The van der Waals surface area contributed by atoms with Gasteiger partial charge < -0.3 is 8.98 Å². The minimum atomic E-state index is -4.73. The zero-order valence-electron chi connectivity index (χ0n) is 12.0. The number of aromatic nitrogens is 2. The van der Waals surface area contributed by atoms with Crippen molar-refractivity contribution >= 4 is 0 Å². The second-order valence-electron chi connectivity index (χ2n) is 5.01. The van der Waals surface area contributed by atoms with Gasteiger partial charge in [-0.25, -0.2) is 9.37 Å². The smallest absolute Gasteiger partial charge is 0.421 e. The lowest BCUT2D eigenvalue weighted by Crippen LogP contribution is -2.28. The Balaban J connectivity index is 1.90. The Kier molecular flexibility index (Phi) is 3.96. The highest BCUT2D eigenvalue weighted by atomic mass is 19.4. The molecule has 0 fully saturated rings. The quantitative estimate of drug-likeness (QED) is 0.684. The first kappa shape index (κ1) is 16.0. The molecule has 3 rings (SSSR count). The summed E-state index contributed by atoms with van der Waals surface area (Å²) < 4.78 is 57.5. The monoisotopic (exact) mass is 338 g/mol. The van der Waals surface area contributed by atoms with E-state index in [1.54, 1.807) is 6.07 Å². The minimum absolute atomic E-state index is 0.115. The van der Waals surface area contributed by atoms with E-state index < -0.39 is 23.1 Å². The highest BCUT2D eigenvalue weighted by molar-refractivity contribution is 5.52. The third-order valence-corrected chi connectivity index (χ3v) is 3.28. The Labute approximate surface area is 133 Å². The van der Waals surface area contributed by atoms with Crippen molar-refractivity contribution in [2.45, 2.75) is 12.7 Å².